The zero-order chi connectivity index (χ0) is 17.4. The van der Waals surface area contributed by atoms with Crippen LogP contribution in [0.15, 0.2) is 59.5 Å². The van der Waals surface area contributed by atoms with E-state index in [0.717, 1.165) is 12.8 Å². The molecule has 0 aliphatic carbocycles. The van der Waals surface area contributed by atoms with Crippen LogP contribution in [-0.2, 0) is 21.2 Å². The van der Waals surface area contributed by atoms with Crippen LogP contribution in [-0.4, -0.2) is 27.4 Å². The quantitative estimate of drug-likeness (QED) is 0.704. The molecule has 0 aliphatic heterocycles. The van der Waals surface area contributed by atoms with Gasteiger partial charge in [-0.25, -0.2) is 13.1 Å². The number of benzene rings is 2. The second-order valence-corrected chi connectivity index (χ2v) is 7.42. The lowest BCUT2D eigenvalue weighted by Crippen LogP contribution is -2.37. The van der Waals surface area contributed by atoms with Gasteiger partial charge >= 0.3 is 0 Å². The van der Waals surface area contributed by atoms with E-state index in [2.05, 4.69) is 10.0 Å². The first-order chi connectivity index (χ1) is 11.5. The Labute approximate surface area is 147 Å². The van der Waals surface area contributed by atoms with Crippen molar-refractivity contribution in [2.45, 2.75) is 17.7 Å². The van der Waals surface area contributed by atoms with Gasteiger partial charge in [0.2, 0.25) is 15.9 Å². The van der Waals surface area contributed by atoms with E-state index in [1.165, 1.54) is 29.8 Å². The molecule has 0 aliphatic rings. The highest BCUT2D eigenvalue weighted by atomic mass is 35.5. The maximum Gasteiger partial charge on any atom is 0.241 e. The van der Waals surface area contributed by atoms with E-state index in [1.54, 1.807) is 0 Å². The second-order valence-electron chi connectivity index (χ2n) is 5.22. The Morgan fingerprint density at radius 2 is 1.67 bits per heavy atom. The minimum Gasteiger partial charge on any atom is -0.355 e. The summed E-state index contributed by atoms with van der Waals surface area (Å²) < 4.78 is 26.3. The highest BCUT2D eigenvalue weighted by Crippen LogP contribution is 2.13. The molecule has 0 spiro atoms. The van der Waals surface area contributed by atoms with Crippen LogP contribution < -0.4 is 10.0 Å². The Balaban J connectivity index is 1.71. The molecule has 24 heavy (non-hydrogen) atoms. The Bertz CT molecular complexity index is 762. The van der Waals surface area contributed by atoms with Gasteiger partial charge in [0.05, 0.1) is 11.4 Å². The fourth-order valence-electron chi connectivity index (χ4n) is 2.09. The number of hydrogen-bond acceptors (Lipinski definition) is 3. The second kappa shape index (κ2) is 8.82. The van der Waals surface area contributed by atoms with Crippen LogP contribution in [0.5, 0.6) is 0 Å². The van der Waals surface area contributed by atoms with E-state index < -0.39 is 10.0 Å². The van der Waals surface area contributed by atoms with Gasteiger partial charge < -0.3 is 5.32 Å². The molecule has 0 heterocycles. The summed E-state index contributed by atoms with van der Waals surface area (Å²) in [5, 5.41) is 3.15. The molecular weight excluding hydrogens is 348 g/mol. The van der Waals surface area contributed by atoms with E-state index in [0.29, 0.717) is 11.6 Å². The normalized spacial score (nSPS) is 11.2. The monoisotopic (exact) mass is 366 g/mol. The molecule has 2 N–H and O–H groups in total. The Hall–Kier alpha value is -1.89. The maximum atomic E-state index is 12.0. The third-order valence-corrected chi connectivity index (χ3v) is 5.02. The van der Waals surface area contributed by atoms with Crippen molar-refractivity contribution in [3.05, 3.63) is 65.2 Å². The van der Waals surface area contributed by atoms with Gasteiger partial charge in [-0.05, 0) is 42.7 Å². The van der Waals surface area contributed by atoms with Crippen molar-refractivity contribution < 1.29 is 13.2 Å². The lowest BCUT2D eigenvalue weighted by atomic mass is 10.1. The van der Waals surface area contributed by atoms with Crippen LogP contribution in [0.25, 0.3) is 0 Å². The molecule has 0 atom stereocenters. The molecule has 0 aromatic heterocycles. The van der Waals surface area contributed by atoms with Gasteiger partial charge in [0, 0.05) is 11.6 Å². The molecule has 2 rings (SSSR count). The summed E-state index contributed by atoms with van der Waals surface area (Å²) in [6, 6.07) is 15.7. The van der Waals surface area contributed by atoms with Crippen LogP contribution in [0.2, 0.25) is 5.02 Å². The molecule has 7 heteroatoms. The molecule has 2 aromatic rings. The molecule has 128 valence electrons. The van der Waals surface area contributed by atoms with Gasteiger partial charge in [-0.3, -0.25) is 4.79 Å². The van der Waals surface area contributed by atoms with E-state index >= 15 is 0 Å². The first-order valence-corrected chi connectivity index (χ1v) is 9.39. The van der Waals surface area contributed by atoms with Gasteiger partial charge in [0.15, 0.2) is 0 Å². The molecular formula is C17H19ClN2O3S. The average molecular weight is 367 g/mol. The van der Waals surface area contributed by atoms with Crippen molar-refractivity contribution >= 4 is 27.5 Å². The minimum atomic E-state index is -3.72. The predicted octanol–water partition coefficient (Wildman–Crippen LogP) is 2.37. The molecule has 0 bridgehead atoms. The fraction of sp³-hybridized carbons (Fsp3) is 0.235. The van der Waals surface area contributed by atoms with E-state index in [4.69, 9.17) is 11.6 Å². The molecule has 0 saturated heterocycles. The van der Waals surface area contributed by atoms with Crippen molar-refractivity contribution in [1.29, 1.82) is 0 Å². The lowest BCUT2D eigenvalue weighted by molar-refractivity contribution is -0.119. The minimum absolute atomic E-state index is 0.0729. The summed E-state index contributed by atoms with van der Waals surface area (Å²) in [4.78, 5) is 11.8. The molecule has 0 saturated carbocycles. The van der Waals surface area contributed by atoms with Crippen LogP contribution in [0.3, 0.4) is 0 Å². The van der Waals surface area contributed by atoms with Gasteiger partial charge in [-0.1, -0.05) is 41.9 Å². The summed E-state index contributed by atoms with van der Waals surface area (Å²) in [5.74, 6) is -0.361. The van der Waals surface area contributed by atoms with E-state index in [-0.39, 0.29) is 17.3 Å². The SMILES string of the molecule is O=C(CNS(=O)(=O)c1ccc(Cl)cc1)NCCCc1ccccc1. The Morgan fingerprint density at radius 3 is 2.33 bits per heavy atom. The molecule has 0 fully saturated rings. The summed E-state index contributed by atoms with van der Waals surface area (Å²) in [6.07, 6.45) is 1.65. The summed E-state index contributed by atoms with van der Waals surface area (Å²) in [7, 11) is -3.72. The number of carbonyl (C=O) groups excluding carboxylic acids is 1. The van der Waals surface area contributed by atoms with Crippen LogP contribution in [0.4, 0.5) is 0 Å². The number of hydrogen-bond donors (Lipinski definition) is 2. The molecule has 0 radical (unpaired) electrons. The number of aryl methyl sites for hydroxylation is 1. The molecule has 0 unspecified atom stereocenters. The smallest absolute Gasteiger partial charge is 0.241 e. The fourth-order valence-corrected chi connectivity index (χ4v) is 3.19. The third-order valence-electron chi connectivity index (χ3n) is 3.35. The van der Waals surface area contributed by atoms with Gasteiger partial charge in [0.25, 0.3) is 0 Å². The van der Waals surface area contributed by atoms with Gasteiger partial charge in [-0.15, -0.1) is 0 Å². The van der Waals surface area contributed by atoms with Crippen molar-refractivity contribution in [2.24, 2.45) is 0 Å². The number of nitrogens with one attached hydrogen (secondary N) is 2. The zero-order valence-corrected chi connectivity index (χ0v) is 14.6. The highest BCUT2D eigenvalue weighted by Gasteiger charge is 2.15. The average Bonchev–Trinajstić information content (AvgIpc) is 2.58. The molecule has 2 aromatic carbocycles. The maximum absolute atomic E-state index is 12.0. The summed E-state index contributed by atoms with van der Waals surface area (Å²) in [6.45, 7) is 0.201. The third kappa shape index (κ3) is 5.96. The number of rotatable bonds is 8. The lowest BCUT2D eigenvalue weighted by Gasteiger charge is -2.08. The Kier molecular flexibility index (Phi) is 6.78. The zero-order valence-electron chi connectivity index (χ0n) is 13.0. The summed E-state index contributed by atoms with van der Waals surface area (Å²) >= 11 is 5.73. The number of carbonyl (C=O) groups is 1. The van der Waals surface area contributed by atoms with Crippen molar-refractivity contribution in [2.75, 3.05) is 13.1 Å². The highest BCUT2D eigenvalue weighted by molar-refractivity contribution is 7.89. The number of amides is 1. The standard InChI is InChI=1S/C17H19ClN2O3S/c18-15-8-10-16(11-9-15)24(22,23)20-13-17(21)19-12-4-7-14-5-2-1-3-6-14/h1-3,5-6,8-11,20H,4,7,12-13H2,(H,19,21). The van der Waals surface area contributed by atoms with E-state index in [1.807, 2.05) is 30.3 Å². The molecule has 1 amide bonds. The van der Waals surface area contributed by atoms with Crippen LogP contribution in [0.1, 0.15) is 12.0 Å². The van der Waals surface area contributed by atoms with Crippen LogP contribution in [0, 0.1) is 0 Å². The largest absolute Gasteiger partial charge is 0.355 e. The van der Waals surface area contributed by atoms with Crippen molar-refractivity contribution in [3.8, 4) is 0 Å². The van der Waals surface area contributed by atoms with Crippen molar-refractivity contribution in [3.63, 3.8) is 0 Å². The molecule has 5 nitrogen and oxygen atoms in total. The topological polar surface area (TPSA) is 75.3 Å². The van der Waals surface area contributed by atoms with Crippen molar-refractivity contribution in [1.82, 2.24) is 10.0 Å². The van der Waals surface area contributed by atoms with Crippen LogP contribution >= 0.6 is 11.6 Å². The number of halogens is 1. The number of sulfonamides is 1. The Morgan fingerprint density at radius 1 is 1.00 bits per heavy atom. The van der Waals surface area contributed by atoms with E-state index in [9.17, 15) is 13.2 Å². The summed E-state index contributed by atoms with van der Waals surface area (Å²) in [5.41, 5.74) is 1.20. The van der Waals surface area contributed by atoms with Gasteiger partial charge in [-0.2, -0.15) is 0 Å². The first-order valence-electron chi connectivity index (χ1n) is 7.53. The predicted molar refractivity (Wildman–Crippen MR) is 94.4 cm³/mol. The van der Waals surface area contributed by atoms with Gasteiger partial charge in [0.1, 0.15) is 0 Å². The first kappa shape index (κ1) is 18.4.